The fourth-order valence-electron chi connectivity index (χ4n) is 4.05. The lowest BCUT2D eigenvalue weighted by atomic mass is 9.97. The Morgan fingerprint density at radius 3 is 2.68 bits per heavy atom. The molecule has 0 N–H and O–H groups in total. The molecule has 122 valence electrons. The summed E-state index contributed by atoms with van der Waals surface area (Å²) >= 11 is 0. The number of nitrogens with zero attached hydrogens (tertiary/aromatic N) is 3. The van der Waals surface area contributed by atoms with Gasteiger partial charge in [0.2, 0.25) is 0 Å². The summed E-state index contributed by atoms with van der Waals surface area (Å²) in [7, 11) is 0. The Morgan fingerprint density at radius 1 is 1.05 bits per heavy atom. The molecule has 0 unspecified atom stereocenters. The second kappa shape index (κ2) is 6.69. The van der Waals surface area contributed by atoms with Crippen molar-refractivity contribution in [3.05, 3.63) is 17.0 Å². The van der Waals surface area contributed by atoms with E-state index >= 15 is 0 Å². The van der Waals surface area contributed by atoms with Crippen LogP contribution in [0, 0.1) is 5.92 Å². The summed E-state index contributed by atoms with van der Waals surface area (Å²) in [6.45, 7) is 8.64. The molecule has 5 nitrogen and oxygen atoms in total. The molecular weight excluding hydrogens is 278 g/mol. The molecule has 1 aromatic heterocycles. The van der Waals surface area contributed by atoms with Gasteiger partial charge in [0.25, 0.3) is 0 Å². The molecule has 0 aliphatic carbocycles. The van der Waals surface area contributed by atoms with E-state index in [2.05, 4.69) is 15.0 Å². The van der Waals surface area contributed by atoms with Crippen LogP contribution in [-0.2, 0) is 24.2 Å². The van der Waals surface area contributed by atoms with Crippen LogP contribution in [0.3, 0.4) is 0 Å². The summed E-state index contributed by atoms with van der Waals surface area (Å²) in [4.78, 5) is 5.11. The van der Waals surface area contributed by atoms with Crippen LogP contribution in [0.1, 0.15) is 42.7 Å². The van der Waals surface area contributed by atoms with E-state index in [0.717, 1.165) is 50.9 Å². The second-order valence-electron chi connectivity index (χ2n) is 7.06. The van der Waals surface area contributed by atoms with E-state index in [-0.39, 0.29) is 0 Å². The zero-order valence-corrected chi connectivity index (χ0v) is 13.4. The molecule has 0 atom stereocenters. The van der Waals surface area contributed by atoms with E-state index in [0.29, 0.717) is 0 Å². The number of ether oxygens (including phenoxy) is 1. The van der Waals surface area contributed by atoms with E-state index in [1.165, 1.54) is 56.6 Å². The van der Waals surface area contributed by atoms with Crippen LogP contribution in [0.15, 0.2) is 4.52 Å². The van der Waals surface area contributed by atoms with Gasteiger partial charge in [-0.15, -0.1) is 0 Å². The Bertz CT molecular complexity index is 490. The highest BCUT2D eigenvalue weighted by Crippen LogP contribution is 2.26. The van der Waals surface area contributed by atoms with Crippen LogP contribution < -0.4 is 0 Å². The van der Waals surface area contributed by atoms with Crippen LogP contribution in [0.25, 0.3) is 0 Å². The number of hydrogen-bond donors (Lipinski definition) is 0. The average Bonchev–Trinajstić information content (AvgIpc) is 3.19. The van der Waals surface area contributed by atoms with Crippen molar-refractivity contribution >= 4 is 0 Å². The molecule has 4 heterocycles. The molecule has 0 spiro atoms. The maximum atomic E-state index is 5.61. The van der Waals surface area contributed by atoms with Crippen molar-refractivity contribution < 1.29 is 9.26 Å². The maximum absolute atomic E-state index is 5.61. The normalized spacial score (nSPS) is 24.7. The van der Waals surface area contributed by atoms with Gasteiger partial charge in [0, 0.05) is 51.4 Å². The van der Waals surface area contributed by atoms with Gasteiger partial charge in [0.1, 0.15) is 11.5 Å². The third-order valence-electron chi connectivity index (χ3n) is 5.42. The van der Waals surface area contributed by atoms with Crippen LogP contribution in [0.4, 0.5) is 0 Å². The lowest BCUT2D eigenvalue weighted by molar-refractivity contribution is 0.0500. The monoisotopic (exact) mass is 305 g/mol. The molecule has 3 aliphatic heterocycles. The molecule has 1 aromatic rings. The lowest BCUT2D eigenvalue weighted by Crippen LogP contribution is -2.36. The van der Waals surface area contributed by atoms with Gasteiger partial charge in [-0.05, 0) is 44.7 Å². The van der Waals surface area contributed by atoms with Gasteiger partial charge in [-0.3, -0.25) is 9.80 Å². The first kappa shape index (κ1) is 14.7. The van der Waals surface area contributed by atoms with Crippen LogP contribution in [0.5, 0.6) is 0 Å². The number of hydrogen-bond acceptors (Lipinski definition) is 5. The summed E-state index contributed by atoms with van der Waals surface area (Å²) < 4.78 is 11.1. The van der Waals surface area contributed by atoms with Gasteiger partial charge in [-0.1, -0.05) is 5.16 Å². The second-order valence-corrected chi connectivity index (χ2v) is 7.06. The van der Waals surface area contributed by atoms with Gasteiger partial charge in [-0.2, -0.15) is 0 Å². The van der Waals surface area contributed by atoms with Crippen molar-refractivity contribution in [2.24, 2.45) is 5.92 Å². The smallest absolute Gasteiger partial charge is 0.142 e. The van der Waals surface area contributed by atoms with Crippen molar-refractivity contribution in [3.63, 3.8) is 0 Å². The molecule has 0 aromatic carbocycles. The molecule has 0 amide bonds. The summed E-state index contributed by atoms with van der Waals surface area (Å²) in [5.41, 5.74) is 2.57. The first-order valence-electron chi connectivity index (χ1n) is 8.87. The van der Waals surface area contributed by atoms with Gasteiger partial charge in [0.15, 0.2) is 0 Å². The SMILES string of the molecule is C1CCN(Cc2noc3c2CN(CC2CCOCC2)CC3)C1. The Kier molecular flexibility index (Phi) is 4.46. The molecule has 2 saturated heterocycles. The van der Waals surface area contributed by atoms with Crippen LogP contribution in [-0.4, -0.2) is 54.3 Å². The summed E-state index contributed by atoms with van der Waals surface area (Å²) in [6.07, 6.45) is 6.11. The first-order chi connectivity index (χ1) is 10.9. The van der Waals surface area contributed by atoms with E-state index in [1.54, 1.807) is 0 Å². The summed E-state index contributed by atoms with van der Waals surface area (Å²) in [5, 5.41) is 4.38. The van der Waals surface area contributed by atoms with Crippen LogP contribution in [0.2, 0.25) is 0 Å². The maximum Gasteiger partial charge on any atom is 0.142 e. The molecule has 2 fully saturated rings. The Hall–Kier alpha value is -0.910. The standard InChI is InChI=1S/C17H27N3O2/c1-2-7-19(6-1)13-16-15-12-20(8-3-17(15)22-18-16)11-14-4-9-21-10-5-14/h14H,1-13H2. The predicted molar refractivity (Wildman–Crippen MR) is 83.5 cm³/mol. The number of rotatable bonds is 4. The number of likely N-dealkylation sites (tertiary alicyclic amines) is 1. The van der Waals surface area contributed by atoms with E-state index in [1.807, 2.05) is 0 Å². The zero-order chi connectivity index (χ0) is 14.8. The van der Waals surface area contributed by atoms with Crippen molar-refractivity contribution in [2.75, 3.05) is 39.4 Å². The van der Waals surface area contributed by atoms with Crippen molar-refractivity contribution in [3.8, 4) is 0 Å². The van der Waals surface area contributed by atoms with Gasteiger partial charge in [-0.25, -0.2) is 0 Å². The fraction of sp³-hybridized carbons (Fsp3) is 0.824. The highest BCUT2D eigenvalue weighted by Gasteiger charge is 2.27. The minimum atomic E-state index is 0.803. The molecular formula is C17H27N3O2. The lowest BCUT2D eigenvalue weighted by Gasteiger charge is -2.31. The van der Waals surface area contributed by atoms with Gasteiger partial charge in [0.05, 0.1) is 0 Å². The fourth-order valence-corrected chi connectivity index (χ4v) is 4.05. The van der Waals surface area contributed by atoms with Crippen molar-refractivity contribution in [2.45, 2.75) is 45.2 Å². The highest BCUT2D eigenvalue weighted by atomic mass is 16.5. The Balaban J connectivity index is 1.39. The number of aromatic nitrogens is 1. The quantitative estimate of drug-likeness (QED) is 0.852. The molecule has 22 heavy (non-hydrogen) atoms. The zero-order valence-electron chi connectivity index (χ0n) is 13.4. The average molecular weight is 305 g/mol. The first-order valence-corrected chi connectivity index (χ1v) is 8.87. The van der Waals surface area contributed by atoms with Gasteiger partial charge >= 0.3 is 0 Å². The largest absolute Gasteiger partial charge is 0.381 e. The summed E-state index contributed by atoms with van der Waals surface area (Å²) in [5.74, 6) is 1.94. The van der Waals surface area contributed by atoms with E-state index in [9.17, 15) is 0 Å². The molecule has 4 rings (SSSR count). The third kappa shape index (κ3) is 3.21. The third-order valence-corrected chi connectivity index (χ3v) is 5.42. The van der Waals surface area contributed by atoms with Gasteiger partial charge < -0.3 is 9.26 Å². The molecule has 0 bridgehead atoms. The van der Waals surface area contributed by atoms with E-state index in [4.69, 9.17) is 9.26 Å². The minimum Gasteiger partial charge on any atom is -0.381 e. The minimum absolute atomic E-state index is 0.803. The van der Waals surface area contributed by atoms with Crippen LogP contribution >= 0.6 is 0 Å². The Labute approximate surface area is 132 Å². The highest BCUT2D eigenvalue weighted by molar-refractivity contribution is 5.25. The molecule has 0 saturated carbocycles. The Morgan fingerprint density at radius 2 is 1.86 bits per heavy atom. The summed E-state index contributed by atoms with van der Waals surface area (Å²) in [6, 6.07) is 0. The van der Waals surface area contributed by atoms with E-state index < -0.39 is 0 Å². The molecule has 3 aliphatic rings. The topological polar surface area (TPSA) is 41.7 Å². The van der Waals surface area contributed by atoms with Crippen molar-refractivity contribution in [1.29, 1.82) is 0 Å². The molecule has 0 radical (unpaired) electrons. The predicted octanol–water partition coefficient (Wildman–Crippen LogP) is 2.06. The number of fused-ring (bicyclic) bond motifs is 1. The molecule has 5 heteroatoms. The van der Waals surface area contributed by atoms with Crippen molar-refractivity contribution in [1.82, 2.24) is 15.0 Å².